The number of fused-ring (bicyclic) bond motifs is 4. The molecule has 2 aromatic rings. The number of hydrogen-bond acceptors (Lipinski definition) is 7. The van der Waals surface area contributed by atoms with Crippen LogP contribution < -0.4 is 20.1 Å². The summed E-state index contributed by atoms with van der Waals surface area (Å²) in [6.45, 7) is 6.03. The number of carbonyl (C=O) groups excluding carboxylic acids is 2. The molecule has 1 saturated heterocycles. The van der Waals surface area contributed by atoms with Crippen molar-refractivity contribution < 1.29 is 19.1 Å². The second-order valence-corrected chi connectivity index (χ2v) is 11.0. The highest BCUT2D eigenvalue weighted by molar-refractivity contribution is 7.11. The predicted octanol–water partition coefficient (Wildman–Crippen LogP) is 3.31. The SMILES string of the molecule is COc1cc2cc(c1OC)CCCNC(=O)C[C@@H]1CC[C@H](CNC(=O)CC2)N1Cc1nc(C)c(C)s1. The highest BCUT2D eigenvalue weighted by atomic mass is 32.1. The molecule has 3 heterocycles. The molecule has 9 heteroatoms. The summed E-state index contributed by atoms with van der Waals surface area (Å²) in [5.74, 6) is 1.50. The van der Waals surface area contributed by atoms with Crippen LogP contribution in [0.3, 0.4) is 0 Å². The molecule has 36 heavy (non-hydrogen) atoms. The summed E-state index contributed by atoms with van der Waals surface area (Å²) in [6.07, 6.45) is 4.95. The molecule has 4 rings (SSSR count). The van der Waals surface area contributed by atoms with Gasteiger partial charge in [-0.05, 0) is 63.1 Å². The van der Waals surface area contributed by atoms with E-state index in [1.54, 1.807) is 25.6 Å². The lowest BCUT2D eigenvalue weighted by atomic mass is 10.0. The molecular weight excluding hydrogens is 476 g/mol. The van der Waals surface area contributed by atoms with Gasteiger partial charge in [-0.25, -0.2) is 4.98 Å². The van der Waals surface area contributed by atoms with Crippen molar-refractivity contribution in [1.29, 1.82) is 0 Å². The van der Waals surface area contributed by atoms with Crippen LogP contribution in [0.15, 0.2) is 12.1 Å². The summed E-state index contributed by atoms with van der Waals surface area (Å²) in [5, 5.41) is 7.34. The van der Waals surface area contributed by atoms with Crippen molar-refractivity contribution in [3.05, 3.63) is 38.8 Å². The van der Waals surface area contributed by atoms with Crippen LogP contribution in [0.5, 0.6) is 11.5 Å². The van der Waals surface area contributed by atoms with E-state index in [-0.39, 0.29) is 23.9 Å². The van der Waals surface area contributed by atoms with Crippen LogP contribution in [0.25, 0.3) is 0 Å². The molecule has 1 aromatic heterocycles. The average Bonchev–Trinajstić information content (AvgIpc) is 3.39. The lowest BCUT2D eigenvalue weighted by molar-refractivity contribution is -0.123. The standard InChI is InChI=1S/C27H38N4O4S/c1-17-18(2)36-26(30-17)16-31-21-8-9-22(31)15-29-24(32)10-7-19-12-20(6-5-11-28-25(33)14-21)27(35-4)23(13-19)34-3/h12-13,21-22H,5-11,14-16H2,1-4H3,(H,28,33)(H,29,32)/t21-,22+/m0/s1. The Bertz CT molecular complexity index is 1070. The van der Waals surface area contributed by atoms with Gasteiger partial charge in [0.05, 0.1) is 26.5 Å². The summed E-state index contributed by atoms with van der Waals surface area (Å²) in [6, 6.07) is 4.38. The van der Waals surface area contributed by atoms with Crippen molar-refractivity contribution in [2.45, 2.75) is 77.4 Å². The molecule has 2 atom stereocenters. The Morgan fingerprint density at radius 3 is 2.56 bits per heavy atom. The van der Waals surface area contributed by atoms with Crippen molar-refractivity contribution in [1.82, 2.24) is 20.5 Å². The summed E-state index contributed by atoms with van der Waals surface area (Å²) >= 11 is 1.72. The van der Waals surface area contributed by atoms with E-state index in [9.17, 15) is 9.59 Å². The third kappa shape index (κ3) is 6.37. The van der Waals surface area contributed by atoms with Gasteiger partial charge in [-0.3, -0.25) is 14.5 Å². The topological polar surface area (TPSA) is 92.8 Å². The normalized spacial score (nSPS) is 22.0. The molecule has 4 bridgehead atoms. The number of rotatable bonds is 4. The number of methoxy groups -OCH3 is 2. The molecule has 8 nitrogen and oxygen atoms in total. The molecule has 1 fully saturated rings. The van der Waals surface area contributed by atoms with Gasteiger partial charge in [-0.1, -0.05) is 6.07 Å². The molecule has 0 saturated carbocycles. The maximum absolute atomic E-state index is 12.9. The number of thiazole rings is 1. The van der Waals surface area contributed by atoms with Crippen molar-refractivity contribution in [3.63, 3.8) is 0 Å². The molecule has 0 unspecified atom stereocenters. The zero-order valence-corrected chi connectivity index (χ0v) is 22.6. The van der Waals surface area contributed by atoms with Crippen LogP contribution in [-0.4, -0.2) is 61.1 Å². The summed E-state index contributed by atoms with van der Waals surface area (Å²) in [4.78, 5) is 34.0. The zero-order chi connectivity index (χ0) is 25.7. The minimum atomic E-state index is 0.0396. The van der Waals surface area contributed by atoms with Crippen LogP contribution in [0.4, 0.5) is 0 Å². The first-order chi connectivity index (χ1) is 17.4. The Hall–Kier alpha value is -2.65. The number of nitrogens with zero attached hydrogens (tertiary/aromatic N) is 2. The van der Waals surface area contributed by atoms with E-state index in [1.807, 2.05) is 13.0 Å². The van der Waals surface area contributed by atoms with Gasteiger partial charge in [0.2, 0.25) is 11.8 Å². The highest BCUT2D eigenvalue weighted by Crippen LogP contribution is 2.34. The number of hydrogen-bond donors (Lipinski definition) is 2. The fourth-order valence-electron chi connectivity index (χ4n) is 5.28. The number of nitrogens with one attached hydrogen (secondary N) is 2. The fourth-order valence-corrected chi connectivity index (χ4v) is 6.22. The van der Waals surface area contributed by atoms with Gasteiger partial charge in [0.1, 0.15) is 5.01 Å². The molecule has 2 N–H and O–H groups in total. The van der Waals surface area contributed by atoms with Gasteiger partial charge < -0.3 is 20.1 Å². The smallest absolute Gasteiger partial charge is 0.221 e. The third-order valence-corrected chi connectivity index (χ3v) is 8.38. The van der Waals surface area contributed by atoms with Gasteiger partial charge >= 0.3 is 0 Å². The quantitative estimate of drug-likeness (QED) is 0.650. The third-order valence-electron chi connectivity index (χ3n) is 7.32. The number of amides is 2. The van der Waals surface area contributed by atoms with Crippen molar-refractivity contribution in [2.75, 3.05) is 27.3 Å². The Labute approximate surface area is 217 Å². The molecule has 2 aliphatic heterocycles. The molecule has 0 radical (unpaired) electrons. The maximum atomic E-state index is 12.9. The number of benzene rings is 1. The Morgan fingerprint density at radius 1 is 1.03 bits per heavy atom. The first kappa shape index (κ1) is 26.4. The molecular formula is C27H38N4O4S. The number of ether oxygens (including phenoxy) is 2. The molecule has 2 amide bonds. The van der Waals surface area contributed by atoms with Crippen LogP contribution in [-0.2, 0) is 29.0 Å². The van der Waals surface area contributed by atoms with E-state index >= 15 is 0 Å². The Kier molecular flexibility index (Phi) is 8.85. The van der Waals surface area contributed by atoms with Crippen molar-refractivity contribution in [2.24, 2.45) is 0 Å². The fraction of sp³-hybridized carbons (Fsp3) is 0.593. The summed E-state index contributed by atoms with van der Waals surface area (Å²) < 4.78 is 11.2. The van der Waals surface area contributed by atoms with E-state index in [4.69, 9.17) is 14.5 Å². The highest BCUT2D eigenvalue weighted by Gasteiger charge is 2.35. The van der Waals surface area contributed by atoms with E-state index in [1.165, 1.54) is 4.88 Å². The van der Waals surface area contributed by atoms with Gasteiger partial charge in [0.15, 0.2) is 11.5 Å². The monoisotopic (exact) mass is 514 g/mol. The lowest BCUT2D eigenvalue weighted by Crippen LogP contribution is -2.44. The molecule has 0 aliphatic carbocycles. The van der Waals surface area contributed by atoms with Gasteiger partial charge in [-0.2, -0.15) is 0 Å². The summed E-state index contributed by atoms with van der Waals surface area (Å²) in [5.41, 5.74) is 3.14. The second kappa shape index (κ2) is 12.1. The van der Waals surface area contributed by atoms with Crippen LogP contribution >= 0.6 is 11.3 Å². The lowest BCUT2D eigenvalue weighted by Gasteiger charge is -2.29. The van der Waals surface area contributed by atoms with Gasteiger partial charge in [-0.15, -0.1) is 11.3 Å². The predicted molar refractivity (Wildman–Crippen MR) is 141 cm³/mol. The van der Waals surface area contributed by atoms with Gasteiger partial charge in [0, 0.05) is 42.9 Å². The molecule has 196 valence electrons. The van der Waals surface area contributed by atoms with Crippen molar-refractivity contribution >= 4 is 23.2 Å². The minimum absolute atomic E-state index is 0.0396. The maximum Gasteiger partial charge on any atom is 0.221 e. The van der Waals surface area contributed by atoms with E-state index in [0.717, 1.165) is 53.3 Å². The first-order valence-corrected chi connectivity index (χ1v) is 13.7. The Morgan fingerprint density at radius 2 is 1.83 bits per heavy atom. The zero-order valence-electron chi connectivity index (χ0n) is 21.8. The molecule has 0 spiro atoms. The van der Waals surface area contributed by atoms with E-state index in [0.29, 0.717) is 44.6 Å². The summed E-state index contributed by atoms with van der Waals surface area (Å²) in [7, 11) is 3.27. The van der Waals surface area contributed by atoms with Crippen LogP contribution in [0.2, 0.25) is 0 Å². The van der Waals surface area contributed by atoms with E-state index in [2.05, 4.69) is 28.5 Å². The van der Waals surface area contributed by atoms with Crippen LogP contribution in [0.1, 0.15) is 58.8 Å². The second-order valence-electron chi connectivity index (χ2n) is 9.76. The number of carbonyl (C=O) groups is 2. The largest absolute Gasteiger partial charge is 0.493 e. The number of aromatic nitrogens is 1. The van der Waals surface area contributed by atoms with Crippen LogP contribution in [0, 0.1) is 13.8 Å². The minimum Gasteiger partial charge on any atom is -0.493 e. The average molecular weight is 515 g/mol. The molecule has 1 aromatic carbocycles. The number of aryl methyl sites for hydroxylation is 4. The molecule has 2 aliphatic rings. The van der Waals surface area contributed by atoms with Gasteiger partial charge in [0.25, 0.3) is 0 Å². The Balaban J connectivity index is 1.52. The van der Waals surface area contributed by atoms with Crippen molar-refractivity contribution in [3.8, 4) is 11.5 Å². The first-order valence-electron chi connectivity index (χ1n) is 12.8. The van der Waals surface area contributed by atoms with E-state index < -0.39 is 0 Å².